The van der Waals surface area contributed by atoms with Gasteiger partial charge >= 0.3 is 0 Å². The van der Waals surface area contributed by atoms with Gasteiger partial charge in [0.2, 0.25) is 5.91 Å². The van der Waals surface area contributed by atoms with Gasteiger partial charge in [0.25, 0.3) is 0 Å². The second kappa shape index (κ2) is 4.01. The second-order valence-electron chi connectivity index (χ2n) is 5.99. The lowest BCUT2D eigenvalue weighted by Crippen LogP contribution is -2.36. The molecule has 0 spiro atoms. The van der Waals surface area contributed by atoms with E-state index in [2.05, 4.69) is 11.4 Å². The molecule has 2 bridgehead atoms. The van der Waals surface area contributed by atoms with Crippen molar-refractivity contribution in [3.8, 4) is 6.07 Å². The minimum Gasteiger partial charge on any atom is -0.340 e. The van der Waals surface area contributed by atoms with Gasteiger partial charge in [0.05, 0.1) is 6.07 Å². The number of hydrogen-bond donors (Lipinski definition) is 1. The molecular weight excluding hydrogens is 212 g/mol. The van der Waals surface area contributed by atoms with Gasteiger partial charge in [-0.3, -0.25) is 4.79 Å². The maximum atomic E-state index is 12.1. The van der Waals surface area contributed by atoms with Gasteiger partial charge in [0.1, 0.15) is 6.04 Å². The molecule has 3 heteroatoms. The van der Waals surface area contributed by atoms with Crippen LogP contribution in [0.15, 0.2) is 0 Å². The zero-order valence-electron chi connectivity index (χ0n) is 10.4. The molecule has 3 aliphatic carbocycles. The molecule has 5 unspecified atom stereocenters. The van der Waals surface area contributed by atoms with Gasteiger partial charge < -0.3 is 5.32 Å². The third kappa shape index (κ3) is 1.66. The normalized spacial score (nSPS) is 42.7. The molecule has 3 saturated carbocycles. The Morgan fingerprint density at radius 3 is 2.59 bits per heavy atom. The van der Waals surface area contributed by atoms with Gasteiger partial charge in [0.15, 0.2) is 0 Å². The first-order chi connectivity index (χ1) is 8.26. The summed E-state index contributed by atoms with van der Waals surface area (Å²) < 4.78 is 0. The predicted octanol–water partition coefficient (Wildman–Crippen LogP) is 2.09. The van der Waals surface area contributed by atoms with Crippen molar-refractivity contribution in [1.29, 1.82) is 5.26 Å². The van der Waals surface area contributed by atoms with Gasteiger partial charge in [-0.15, -0.1) is 0 Å². The quantitative estimate of drug-likeness (QED) is 0.807. The highest BCUT2D eigenvalue weighted by Crippen LogP contribution is 2.69. The summed E-state index contributed by atoms with van der Waals surface area (Å²) in [5, 5.41) is 11.9. The van der Waals surface area contributed by atoms with E-state index in [-0.39, 0.29) is 17.9 Å². The van der Waals surface area contributed by atoms with Crippen molar-refractivity contribution in [2.24, 2.45) is 29.6 Å². The van der Waals surface area contributed by atoms with Crippen LogP contribution in [0.1, 0.15) is 39.0 Å². The molecular formula is C14H20N2O. The molecule has 0 aromatic rings. The molecule has 17 heavy (non-hydrogen) atoms. The summed E-state index contributed by atoms with van der Waals surface area (Å²) in [6, 6.07) is 1.92. The SMILES string of the molecule is CCCC(C#N)NC(=O)C1C2C3CCC(C3)C12. The minimum absolute atomic E-state index is 0.164. The van der Waals surface area contributed by atoms with Crippen molar-refractivity contribution in [2.45, 2.75) is 45.1 Å². The van der Waals surface area contributed by atoms with Crippen LogP contribution in [0.2, 0.25) is 0 Å². The van der Waals surface area contributed by atoms with Crippen LogP contribution in [0.25, 0.3) is 0 Å². The van der Waals surface area contributed by atoms with Crippen molar-refractivity contribution >= 4 is 5.91 Å². The van der Waals surface area contributed by atoms with Crippen LogP contribution >= 0.6 is 0 Å². The molecule has 5 atom stereocenters. The van der Waals surface area contributed by atoms with Crippen molar-refractivity contribution in [1.82, 2.24) is 5.32 Å². The Kier molecular flexibility index (Phi) is 2.61. The molecule has 0 heterocycles. The van der Waals surface area contributed by atoms with E-state index in [0.29, 0.717) is 11.8 Å². The Morgan fingerprint density at radius 2 is 2.06 bits per heavy atom. The number of nitrogens with zero attached hydrogens (tertiary/aromatic N) is 1. The Hall–Kier alpha value is -1.04. The molecule has 1 N–H and O–H groups in total. The predicted molar refractivity (Wildman–Crippen MR) is 63.8 cm³/mol. The Balaban J connectivity index is 1.57. The largest absolute Gasteiger partial charge is 0.340 e. The summed E-state index contributed by atoms with van der Waals surface area (Å²) in [5.41, 5.74) is 0. The van der Waals surface area contributed by atoms with E-state index in [1.807, 2.05) is 6.92 Å². The van der Waals surface area contributed by atoms with Crippen LogP contribution in [0.5, 0.6) is 0 Å². The molecule has 3 fully saturated rings. The summed E-state index contributed by atoms with van der Waals surface area (Å²) in [5.74, 6) is 3.43. The van der Waals surface area contributed by atoms with E-state index in [1.54, 1.807) is 0 Å². The minimum atomic E-state index is -0.272. The maximum absolute atomic E-state index is 12.1. The van der Waals surface area contributed by atoms with E-state index in [1.165, 1.54) is 19.3 Å². The van der Waals surface area contributed by atoms with Crippen molar-refractivity contribution in [3.63, 3.8) is 0 Å². The lowest BCUT2D eigenvalue weighted by Gasteiger charge is -2.13. The third-order valence-electron chi connectivity index (χ3n) is 5.09. The number of carbonyl (C=O) groups is 1. The summed E-state index contributed by atoms with van der Waals surface area (Å²) in [6.45, 7) is 2.04. The van der Waals surface area contributed by atoms with E-state index >= 15 is 0 Å². The average Bonchev–Trinajstić information content (AvgIpc) is 2.78. The summed E-state index contributed by atoms with van der Waals surface area (Å²) >= 11 is 0. The Morgan fingerprint density at radius 1 is 1.41 bits per heavy atom. The topological polar surface area (TPSA) is 52.9 Å². The monoisotopic (exact) mass is 232 g/mol. The first-order valence-electron chi connectivity index (χ1n) is 6.96. The van der Waals surface area contributed by atoms with Crippen LogP contribution in [-0.4, -0.2) is 11.9 Å². The summed E-state index contributed by atoms with van der Waals surface area (Å²) in [6.07, 6.45) is 5.77. The molecule has 3 nitrogen and oxygen atoms in total. The average molecular weight is 232 g/mol. The summed E-state index contributed by atoms with van der Waals surface area (Å²) in [4.78, 5) is 12.1. The number of amides is 1. The zero-order valence-corrected chi connectivity index (χ0v) is 10.4. The molecule has 1 amide bonds. The van der Waals surface area contributed by atoms with Crippen LogP contribution in [-0.2, 0) is 4.79 Å². The van der Waals surface area contributed by atoms with Crippen LogP contribution < -0.4 is 5.32 Å². The fraction of sp³-hybridized carbons (Fsp3) is 0.857. The number of fused-ring (bicyclic) bond motifs is 5. The van der Waals surface area contributed by atoms with Gasteiger partial charge in [-0.05, 0) is 49.4 Å². The van der Waals surface area contributed by atoms with E-state index in [0.717, 1.165) is 24.7 Å². The first-order valence-corrected chi connectivity index (χ1v) is 6.96. The third-order valence-corrected chi connectivity index (χ3v) is 5.09. The van der Waals surface area contributed by atoms with Crippen LogP contribution in [0, 0.1) is 40.9 Å². The summed E-state index contributed by atoms with van der Waals surface area (Å²) in [7, 11) is 0. The van der Waals surface area contributed by atoms with Gasteiger partial charge in [-0.1, -0.05) is 13.3 Å². The van der Waals surface area contributed by atoms with Crippen LogP contribution in [0.3, 0.4) is 0 Å². The molecule has 0 aromatic carbocycles. The van der Waals surface area contributed by atoms with Gasteiger partial charge in [0, 0.05) is 5.92 Å². The van der Waals surface area contributed by atoms with Gasteiger partial charge in [-0.2, -0.15) is 5.26 Å². The zero-order chi connectivity index (χ0) is 12.0. The standard InChI is InChI=1S/C14H20N2O/c1-2-3-10(7-15)16-14(17)13-11-8-4-5-9(6-8)12(11)13/h8-13H,2-6H2,1H3,(H,16,17). The number of nitrogens with one attached hydrogen (secondary N) is 1. The lowest BCUT2D eigenvalue weighted by atomic mass is 10.0. The Labute approximate surface area is 103 Å². The smallest absolute Gasteiger partial charge is 0.224 e. The van der Waals surface area contributed by atoms with E-state index in [9.17, 15) is 4.79 Å². The highest BCUT2D eigenvalue weighted by molar-refractivity contribution is 5.83. The highest BCUT2D eigenvalue weighted by Gasteiger charge is 2.67. The molecule has 3 aliphatic rings. The number of carbonyl (C=O) groups excluding carboxylic acids is 1. The van der Waals surface area contributed by atoms with Crippen molar-refractivity contribution in [2.75, 3.05) is 0 Å². The van der Waals surface area contributed by atoms with Gasteiger partial charge in [-0.25, -0.2) is 0 Å². The number of hydrogen-bond acceptors (Lipinski definition) is 2. The Bertz CT molecular complexity index is 357. The lowest BCUT2D eigenvalue weighted by molar-refractivity contribution is -0.123. The van der Waals surface area contributed by atoms with E-state index in [4.69, 9.17) is 5.26 Å². The maximum Gasteiger partial charge on any atom is 0.224 e. The van der Waals surface area contributed by atoms with E-state index < -0.39 is 0 Å². The molecule has 0 aliphatic heterocycles. The highest BCUT2D eigenvalue weighted by atomic mass is 16.2. The van der Waals surface area contributed by atoms with Crippen molar-refractivity contribution < 1.29 is 4.79 Å². The van der Waals surface area contributed by atoms with Crippen molar-refractivity contribution in [3.05, 3.63) is 0 Å². The van der Waals surface area contributed by atoms with Crippen LogP contribution in [0.4, 0.5) is 0 Å². The number of nitriles is 1. The fourth-order valence-corrected chi connectivity index (χ4v) is 4.40. The molecule has 0 aromatic heterocycles. The molecule has 0 radical (unpaired) electrons. The second-order valence-corrected chi connectivity index (χ2v) is 5.99. The fourth-order valence-electron chi connectivity index (χ4n) is 4.40. The molecule has 0 saturated heterocycles. The first kappa shape index (κ1) is 11.1. The number of rotatable bonds is 4. The molecule has 3 rings (SSSR count). The molecule has 92 valence electrons.